The van der Waals surface area contributed by atoms with Gasteiger partial charge in [-0.3, -0.25) is 4.79 Å². The molecule has 1 aliphatic carbocycles. The van der Waals surface area contributed by atoms with Gasteiger partial charge in [-0.1, -0.05) is 6.42 Å². The molecule has 0 aromatic heterocycles. The van der Waals surface area contributed by atoms with E-state index in [1.165, 1.54) is 19.3 Å². The molecule has 2 amide bonds. The summed E-state index contributed by atoms with van der Waals surface area (Å²) < 4.78 is 0. The average molecular weight is 256 g/mol. The molecule has 0 bridgehead atoms. The Morgan fingerprint density at radius 1 is 1.39 bits per heavy atom. The molecule has 0 unspecified atom stereocenters. The molecule has 1 fully saturated rings. The summed E-state index contributed by atoms with van der Waals surface area (Å²) in [5, 5.41) is 11.3. The zero-order valence-electron chi connectivity index (χ0n) is 11.3. The van der Waals surface area contributed by atoms with Crippen LogP contribution >= 0.6 is 0 Å². The first-order chi connectivity index (χ1) is 8.50. The van der Waals surface area contributed by atoms with Crippen LogP contribution in [0.25, 0.3) is 0 Å². The van der Waals surface area contributed by atoms with Crippen LogP contribution in [0.2, 0.25) is 0 Å². The number of amides is 2. The van der Waals surface area contributed by atoms with Crippen LogP contribution in [0.5, 0.6) is 0 Å². The Balaban J connectivity index is 2.27. The van der Waals surface area contributed by atoms with Crippen LogP contribution in [0.15, 0.2) is 0 Å². The highest BCUT2D eigenvalue weighted by Crippen LogP contribution is 2.27. The molecule has 0 spiro atoms. The second kappa shape index (κ2) is 7.24. The van der Waals surface area contributed by atoms with Gasteiger partial charge in [0.05, 0.1) is 0 Å². The Bertz CT molecular complexity index is 288. The monoisotopic (exact) mass is 256 g/mol. The lowest BCUT2D eigenvalue weighted by Gasteiger charge is -2.34. The van der Waals surface area contributed by atoms with Gasteiger partial charge in [-0.25, -0.2) is 4.79 Å². The number of carbonyl (C=O) groups is 2. The largest absolute Gasteiger partial charge is 0.481 e. The Morgan fingerprint density at radius 3 is 2.50 bits per heavy atom. The van der Waals surface area contributed by atoms with Gasteiger partial charge in [0.1, 0.15) is 0 Å². The quantitative estimate of drug-likeness (QED) is 0.685. The van der Waals surface area contributed by atoms with Crippen LogP contribution in [0.4, 0.5) is 4.79 Å². The lowest BCUT2D eigenvalue weighted by molar-refractivity contribution is -0.137. The van der Waals surface area contributed by atoms with E-state index in [2.05, 4.69) is 5.32 Å². The van der Waals surface area contributed by atoms with Crippen molar-refractivity contribution in [1.29, 1.82) is 0 Å². The maximum absolute atomic E-state index is 12.0. The molecule has 5 heteroatoms. The first-order valence-corrected chi connectivity index (χ1v) is 6.77. The molecular formula is C13H24N2O3. The van der Waals surface area contributed by atoms with Gasteiger partial charge in [0.25, 0.3) is 0 Å². The van der Waals surface area contributed by atoms with Gasteiger partial charge in [0, 0.05) is 25.6 Å². The van der Waals surface area contributed by atoms with Gasteiger partial charge in [-0.2, -0.15) is 0 Å². The molecule has 0 heterocycles. The number of carbonyl (C=O) groups excluding carboxylic acids is 1. The lowest BCUT2D eigenvalue weighted by Crippen LogP contribution is -2.47. The number of hydrogen-bond donors (Lipinski definition) is 2. The molecule has 1 saturated carbocycles. The fourth-order valence-electron chi connectivity index (χ4n) is 2.02. The summed E-state index contributed by atoms with van der Waals surface area (Å²) in [6, 6.07) is 0.118. The van der Waals surface area contributed by atoms with E-state index in [9.17, 15) is 9.59 Å². The third-order valence-electron chi connectivity index (χ3n) is 3.41. The molecular weight excluding hydrogens is 232 g/mol. The van der Waals surface area contributed by atoms with E-state index < -0.39 is 5.97 Å². The predicted octanol–water partition coefficient (Wildman–Crippen LogP) is 2.07. The van der Waals surface area contributed by atoms with Gasteiger partial charge >= 0.3 is 12.0 Å². The second-order valence-corrected chi connectivity index (χ2v) is 5.27. The first-order valence-electron chi connectivity index (χ1n) is 6.77. The molecule has 0 aliphatic heterocycles. The Morgan fingerprint density at radius 2 is 2.06 bits per heavy atom. The van der Waals surface area contributed by atoms with Gasteiger partial charge < -0.3 is 15.3 Å². The molecule has 104 valence electrons. The molecule has 0 aromatic carbocycles. The van der Waals surface area contributed by atoms with Crippen molar-refractivity contribution in [2.75, 3.05) is 13.1 Å². The number of nitrogens with zero attached hydrogens (tertiary/aromatic N) is 1. The average Bonchev–Trinajstić information content (AvgIpc) is 2.21. The summed E-state index contributed by atoms with van der Waals surface area (Å²) in [5.74, 6) is -0.170. The second-order valence-electron chi connectivity index (χ2n) is 5.27. The summed E-state index contributed by atoms with van der Waals surface area (Å²) in [6.07, 6.45) is 4.29. The topological polar surface area (TPSA) is 69.6 Å². The normalized spacial score (nSPS) is 15.3. The van der Waals surface area contributed by atoms with Crippen molar-refractivity contribution < 1.29 is 14.7 Å². The highest BCUT2D eigenvalue weighted by atomic mass is 16.4. The summed E-state index contributed by atoms with van der Waals surface area (Å²) in [6.45, 7) is 5.27. The van der Waals surface area contributed by atoms with Crippen molar-refractivity contribution in [3.8, 4) is 0 Å². The predicted molar refractivity (Wildman–Crippen MR) is 69.5 cm³/mol. The van der Waals surface area contributed by atoms with Crippen LogP contribution in [0, 0.1) is 5.92 Å². The standard InChI is InChI=1S/C13H24N2O3/c1-10(2)15(9-11-5-3-6-11)13(18)14-8-4-7-12(16)17/h10-11H,3-9H2,1-2H3,(H,14,18)(H,16,17). The molecule has 2 N–H and O–H groups in total. The number of urea groups is 1. The van der Waals surface area contributed by atoms with Crippen molar-refractivity contribution in [3.63, 3.8) is 0 Å². The molecule has 0 atom stereocenters. The molecule has 1 aliphatic rings. The number of nitrogens with one attached hydrogen (secondary N) is 1. The Kier molecular flexibility index (Phi) is 5.95. The van der Waals surface area contributed by atoms with E-state index in [4.69, 9.17) is 5.11 Å². The van der Waals surface area contributed by atoms with Crippen LogP contribution in [0.1, 0.15) is 46.0 Å². The van der Waals surface area contributed by atoms with Gasteiger partial charge in [0.2, 0.25) is 0 Å². The van der Waals surface area contributed by atoms with E-state index in [1.54, 1.807) is 0 Å². The van der Waals surface area contributed by atoms with E-state index in [-0.39, 0.29) is 18.5 Å². The van der Waals surface area contributed by atoms with Crippen molar-refractivity contribution in [2.45, 2.75) is 52.0 Å². The van der Waals surface area contributed by atoms with Crippen molar-refractivity contribution in [1.82, 2.24) is 10.2 Å². The van der Waals surface area contributed by atoms with Crippen LogP contribution < -0.4 is 5.32 Å². The fraction of sp³-hybridized carbons (Fsp3) is 0.846. The minimum Gasteiger partial charge on any atom is -0.481 e. The minimum atomic E-state index is -0.820. The van der Waals surface area contributed by atoms with Crippen LogP contribution in [0.3, 0.4) is 0 Å². The molecule has 0 aromatic rings. The minimum absolute atomic E-state index is 0.0673. The van der Waals surface area contributed by atoms with E-state index in [0.717, 1.165) is 6.54 Å². The van der Waals surface area contributed by atoms with E-state index in [0.29, 0.717) is 18.9 Å². The van der Waals surface area contributed by atoms with Gasteiger partial charge in [-0.05, 0) is 39.0 Å². The summed E-state index contributed by atoms with van der Waals surface area (Å²) in [4.78, 5) is 24.2. The summed E-state index contributed by atoms with van der Waals surface area (Å²) in [7, 11) is 0. The SMILES string of the molecule is CC(C)N(CC1CCC1)C(=O)NCCCC(=O)O. The van der Waals surface area contributed by atoms with E-state index in [1.807, 2.05) is 18.7 Å². The zero-order valence-corrected chi connectivity index (χ0v) is 11.3. The maximum Gasteiger partial charge on any atom is 0.317 e. The molecule has 5 nitrogen and oxygen atoms in total. The van der Waals surface area contributed by atoms with Crippen LogP contribution in [-0.4, -0.2) is 41.1 Å². The number of hydrogen-bond acceptors (Lipinski definition) is 2. The fourth-order valence-corrected chi connectivity index (χ4v) is 2.02. The third-order valence-corrected chi connectivity index (χ3v) is 3.41. The number of carboxylic acid groups (broad SMARTS) is 1. The highest BCUT2D eigenvalue weighted by Gasteiger charge is 2.25. The van der Waals surface area contributed by atoms with Crippen LogP contribution in [-0.2, 0) is 4.79 Å². The molecule has 0 saturated heterocycles. The number of carboxylic acids is 1. The molecule has 0 radical (unpaired) electrons. The van der Waals surface area contributed by atoms with E-state index >= 15 is 0 Å². The van der Waals surface area contributed by atoms with Crippen molar-refractivity contribution in [2.24, 2.45) is 5.92 Å². The first kappa shape index (κ1) is 14.8. The van der Waals surface area contributed by atoms with Crippen molar-refractivity contribution >= 4 is 12.0 Å². The maximum atomic E-state index is 12.0. The summed E-state index contributed by atoms with van der Waals surface area (Å²) >= 11 is 0. The molecule has 1 rings (SSSR count). The zero-order chi connectivity index (χ0) is 13.5. The molecule has 18 heavy (non-hydrogen) atoms. The Hall–Kier alpha value is -1.26. The lowest BCUT2D eigenvalue weighted by atomic mass is 9.85. The van der Waals surface area contributed by atoms with Gasteiger partial charge in [0.15, 0.2) is 0 Å². The van der Waals surface area contributed by atoms with Gasteiger partial charge in [-0.15, -0.1) is 0 Å². The Labute approximate surface area is 109 Å². The highest BCUT2D eigenvalue weighted by molar-refractivity contribution is 5.74. The summed E-state index contributed by atoms with van der Waals surface area (Å²) in [5.41, 5.74) is 0. The third kappa shape index (κ3) is 4.94. The number of aliphatic carboxylic acids is 1. The smallest absolute Gasteiger partial charge is 0.317 e. The number of rotatable bonds is 7. The van der Waals surface area contributed by atoms with Crippen molar-refractivity contribution in [3.05, 3.63) is 0 Å².